The van der Waals surface area contributed by atoms with Crippen molar-refractivity contribution in [1.82, 2.24) is 15.3 Å². The van der Waals surface area contributed by atoms with Gasteiger partial charge in [0, 0.05) is 24.2 Å². The normalized spacial score (nSPS) is 16.4. The van der Waals surface area contributed by atoms with Crippen LogP contribution in [0.15, 0.2) is 79.1 Å². The van der Waals surface area contributed by atoms with E-state index < -0.39 is 17.8 Å². The zero-order chi connectivity index (χ0) is 26.5. The van der Waals surface area contributed by atoms with Gasteiger partial charge in [0.1, 0.15) is 28.4 Å². The predicted octanol–water partition coefficient (Wildman–Crippen LogP) is 4.69. The van der Waals surface area contributed by atoms with E-state index in [0.717, 1.165) is 5.39 Å². The molecule has 2 N–H and O–H groups in total. The number of carboxylic acid groups (broad SMARTS) is 1. The zero-order valence-corrected chi connectivity index (χ0v) is 19.1. The van der Waals surface area contributed by atoms with E-state index in [-0.39, 0.29) is 24.5 Å². The molecule has 8 nitrogen and oxygen atoms in total. The number of hydrogen-bond acceptors (Lipinski definition) is 6. The smallest absolute Gasteiger partial charge is 0.491 e. The van der Waals surface area contributed by atoms with Crippen LogP contribution in [0.25, 0.3) is 10.8 Å². The Labute approximate surface area is 208 Å². The number of halogens is 3. The van der Waals surface area contributed by atoms with Gasteiger partial charge in [-0.2, -0.15) is 0 Å². The van der Waals surface area contributed by atoms with Crippen molar-refractivity contribution in [3.8, 4) is 11.5 Å². The molecule has 5 rings (SSSR count). The van der Waals surface area contributed by atoms with Crippen LogP contribution in [0.4, 0.5) is 13.2 Å². The van der Waals surface area contributed by atoms with Crippen LogP contribution in [-0.4, -0.2) is 40.4 Å². The molecule has 0 aliphatic carbocycles. The number of pyridine rings is 2. The van der Waals surface area contributed by atoms with Crippen LogP contribution in [-0.2, 0) is 10.3 Å². The summed E-state index contributed by atoms with van der Waals surface area (Å²) in [5, 5.41) is 11.5. The van der Waals surface area contributed by atoms with Gasteiger partial charge < -0.3 is 19.9 Å². The number of carbonyl (C=O) groups excluding carboxylic acids is 1. The molecule has 0 spiro atoms. The average molecular weight is 511 g/mol. The number of fused-ring (bicyclic) bond motifs is 2. The Bertz CT molecular complexity index is 1410. The summed E-state index contributed by atoms with van der Waals surface area (Å²) in [6, 6.07) is 18.0. The standard InChI is InChI=1S/C25H18F3N3O3.CH2O2/c26-25(27,28)34-18-9-7-17(8-10-18)24(12-15-33-20-6-3-13-30-22(20)24)31-23(32)21-19-5-2-1-4-16(19)11-14-29-21;2-1-3/h1-11,13-14H,12,15H2,(H,31,32);1H,(H,2,3)/t24-;/m0./s1. The van der Waals surface area contributed by atoms with E-state index in [0.29, 0.717) is 28.8 Å². The van der Waals surface area contributed by atoms with Crippen molar-refractivity contribution >= 4 is 23.2 Å². The summed E-state index contributed by atoms with van der Waals surface area (Å²) < 4.78 is 47.7. The van der Waals surface area contributed by atoms with Gasteiger partial charge >= 0.3 is 6.36 Å². The van der Waals surface area contributed by atoms with Crippen LogP contribution < -0.4 is 14.8 Å². The molecule has 2 aromatic heterocycles. The number of amides is 1. The predicted molar refractivity (Wildman–Crippen MR) is 126 cm³/mol. The first-order valence-corrected chi connectivity index (χ1v) is 11.0. The molecule has 0 saturated carbocycles. The van der Waals surface area contributed by atoms with Gasteiger partial charge in [0.25, 0.3) is 12.4 Å². The molecule has 3 heterocycles. The highest BCUT2D eigenvalue weighted by molar-refractivity contribution is 6.05. The van der Waals surface area contributed by atoms with Crippen LogP contribution in [0.5, 0.6) is 11.5 Å². The summed E-state index contributed by atoms with van der Waals surface area (Å²) >= 11 is 0. The topological polar surface area (TPSA) is 111 Å². The van der Waals surface area contributed by atoms with Gasteiger partial charge in [-0.3, -0.25) is 19.6 Å². The van der Waals surface area contributed by atoms with Crippen molar-refractivity contribution in [3.63, 3.8) is 0 Å². The molecule has 1 amide bonds. The lowest BCUT2D eigenvalue weighted by Gasteiger charge is -2.39. The van der Waals surface area contributed by atoms with Gasteiger partial charge in [-0.25, -0.2) is 0 Å². The quantitative estimate of drug-likeness (QED) is 0.383. The molecule has 0 fully saturated rings. The molecule has 1 aliphatic rings. The molecule has 37 heavy (non-hydrogen) atoms. The summed E-state index contributed by atoms with van der Waals surface area (Å²) in [4.78, 5) is 30.7. The molecular weight excluding hydrogens is 491 g/mol. The highest BCUT2D eigenvalue weighted by atomic mass is 19.4. The van der Waals surface area contributed by atoms with Crippen LogP contribution in [0, 0.1) is 0 Å². The van der Waals surface area contributed by atoms with Crippen LogP contribution >= 0.6 is 0 Å². The number of nitrogens with zero attached hydrogens (tertiary/aromatic N) is 2. The van der Waals surface area contributed by atoms with Crippen LogP contribution in [0.2, 0.25) is 0 Å². The number of aromatic nitrogens is 2. The fourth-order valence-electron chi connectivity index (χ4n) is 4.23. The molecule has 2 aromatic carbocycles. The number of alkyl halides is 3. The summed E-state index contributed by atoms with van der Waals surface area (Å²) in [6.07, 6.45) is -1.36. The maximum atomic E-state index is 13.6. The van der Waals surface area contributed by atoms with Crippen molar-refractivity contribution in [2.24, 2.45) is 0 Å². The third-order valence-electron chi connectivity index (χ3n) is 5.71. The van der Waals surface area contributed by atoms with Crippen LogP contribution in [0.3, 0.4) is 0 Å². The van der Waals surface area contributed by atoms with Gasteiger partial charge in [-0.05, 0) is 41.3 Å². The summed E-state index contributed by atoms with van der Waals surface area (Å²) in [6.45, 7) is 0.0166. The minimum atomic E-state index is -4.81. The first kappa shape index (κ1) is 25.4. The van der Waals surface area contributed by atoms with Gasteiger partial charge in [-0.15, -0.1) is 13.2 Å². The van der Waals surface area contributed by atoms with E-state index in [1.807, 2.05) is 30.3 Å². The number of rotatable bonds is 4. The molecule has 0 radical (unpaired) electrons. The Morgan fingerprint density at radius 2 is 1.76 bits per heavy atom. The number of nitrogens with one attached hydrogen (secondary N) is 1. The minimum absolute atomic E-state index is 0.235. The molecule has 11 heteroatoms. The number of hydrogen-bond donors (Lipinski definition) is 2. The first-order valence-electron chi connectivity index (χ1n) is 11.0. The molecule has 190 valence electrons. The van der Waals surface area contributed by atoms with Crippen molar-refractivity contribution in [2.75, 3.05) is 6.61 Å². The van der Waals surface area contributed by atoms with Crippen LogP contribution in [0.1, 0.15) is 28.2 Å². The zero-order valence-electron chi connectivity index (χ0n) is 19.1. The van der Waals surface area contributed by atoms with E-state index in [1.54, 1.807) is 24.5 Å². The summed E-state index contributed by atoms with van der Waals surface area (Å²) in [5.74, 6) is -0.316. The Morgan fingerprint density at radius 1 is 1.03 bits per heavy atom. The maximum absolute atomic E-state index is 13.6. The molecule has 0 saturated heterocycles. The molecule has 4 aromatic rings. The molecule has 0 unspecified atom stereocenters. The maximum Gasteiger partial charge on any atom is 0.573 e. The number of benzene rings is 2. The van der Waals surface area contributed by atoms with E-state index in [2.05, 4.69) is 20.0 Å². The number of carbonyl (C=O) groups is 2. The fourth-order valence-corrected chi connectivity index (χ4v) is 4.23. The van der Waals surface area contributed by atoms with Gasteiger partial charge in [-0.1, -0.05) is 36.4 Å². The highest BCUT2D eigenvalue weighted by Gasteiger charge is 2.43. The first-order chi connectivity index (χ1) is 17.8. The van der Waals surface area contributed by atoms with Crippen molar-refractivity contribution < 1.29 is 37.3 Å². The monoisotopic (exact) mass is 511 g/mol. The summed E-state index contributed by atoms with van der Waals surface area (Å²) in [5.41, 5.74) is 0.0815. The average Bonchev–Trinajstić information content (AvgIpc) is 2.88. The lowest BCUT2D eigenvalue weighted by molar-refractivity contribution is -0.274. The Balaban J connectivity index is 0.00000102. The van der Waals surface area contributed by atoms with E-state index >= 15 is 0 Å². The fraction of sp³-hybridized carbons (Fsp3) is 0.154. The minimum Gasteiger partial charge on any atom is -0.491 e. The van der Waals surface area contributed by atoms with Crippen molar-refractivity contribution in [1.29, 1.82) is 0 Å². The van der Waals surface area contributed by atoms with E-state index in [9.17, 15) is 18.0 Å². The highest BCUT2D eigenvalue weighted by Crippen LogP contribution is 2.41. The summed E-state index contributed by atoms with van der Waals surface area (Å²) in [7, 11) is 0. The number of ether oxygens (including phenoxy) is 2. The van der Waals surface area contributed by atoms with E-state index in [4.69, 9.17) is 14.6 Å². The van der Waals surface area contributed by atoms with Crippen molar-refractivity contribution in [3.05, 3.63) is 96.1 Å². The van der Waals surface area contributed by atoms with Gasteiger partial charge in [0.15, 0.2) is 0 Å². The second kappa shape index (κ2) is 10.5. The van der Waals surface area contributed by atoms with Gasteiger partial charge in [0.05, 0.1) is 6.61 Å². The molecule has 1 atom stereocenters. The third-order valence-corrected chi connectivity index (χ3v) is 5.71. The largest absolute Gasteiger partial charge is 0.573 e. The lowest BCUT2D eigenvalue weighted by Crippen LogP contribution is -2.50. The second-order valence-electron chi connectivity index (χ2n) is 7.87. The van der Waals surface area contributed by atoms with E-state index in [1.165, 1.54) is 24.3 Å². The van der Waals surface area contributed by atoms with Gasteiger partial charge in [0.2, 0.25) is 0 Å². The van der Waals surface area contributed by atoms with Crippen molar-refractivity contribution in [2.45, 2.75) is 18.3 Å². The SMILES string of the molecule is O=C(N[C@]1(c2ccc(OC(F)(F)F)cc2)CCOc2cccnc21)c1nccc2ccccc12.O=CO. The Morgan fingerprint density at radius 3 is 2.49 bits per heavy atom. The Hall–Kier alpha value is -4.67. The Kier molecular flexibility index (Phi) is 7.23. The lowest BCUT2D eigenvalue weighted by atomic mass is 9.81. The third kappa shape index (κ3) is 5.45. The molecular formula is C26H20F3N3O5. The second-order valence-corrected chi connectivity index (χ2v) is 7.87. The molecule has 1 aliphatic heterocycles. The molecule has 0 bridgehead atoms.